The number of nitrogens with one attached hydrogen (secondary N) is 2. The number of aromatic nitrogens is 1. The Bertz CT molecular complexity index is 628. The van der Waals surface area contributed by atoms with Crippen LogP contribution >= 0.6 is 0 Å². The predicted molar refractivity (Wildman–Crippen MR) is 84.3 cm³/mol. The Labute approximate surface area is 130 Å². The quantitative estimate of drug-likeness (QED) is 0.909. The molecule has 1 saturated carbocycles. The lowest BCUT2D eigenvalue weighted by Gasteiger charge is -2.11. The summed E-state index contributed by atoms with van der Waals surface area (Å²) in [4.78, 5) is 11.8. The van der Waals surface area contributed by atoms with Gasteiger partial charge in [-0.15, -0.1) is 0 Å². The zero-order valence-electron chi connectivity index (χ0n) is 12.8. The molecule has 2 amide bonds. The van der Waals surface area contributed by atoms with Crippen molar-refractivity contribution < 1.29 is 9.32 Å². The van der Waals surface area contributed by atoms with Crippen LogP contribution in [-0.2, 0) is 6.54 Å². The smallest absolute Gasteiger partial charge is 0.315 e. The minimum absolute atomic E-state index is 0.139. The zero-order chi connectivity index (χ0) is 15.4. The van der Waals surface area contributed by atoms with Gasteiger partial charge in [0.25, 0.3) is 0 Å². The van der Waals surface area contributed by atoms with Crippen LogP contribution in [0, 0.1) is 6.92 Å². The van der Waals surface area contributed by atoms with Crippen molar-refractivity contribution in [2.24, 2.45) is 0 Å². The molecule has 3 rings (SSSR count). The van der Waals surface area contributed by atoms with E-state index in [2.05, 4.69) is 15.8 Å². The first-order valence-corrected chi connectivity index (χ1v) is 7.78. The molecule has 1 aliphatic carbocycles. The van der Waals surface area contributed by atoms with Gasteiger partial charge < -0.3 is 15.2 Å². The van der Waals surface area contributed by atoms with Crippen molar-refractivity contribution in [3.8, 4) is 11.3 Å². The maximum absolute atomic E-state index is 11.8. The van der Waals surface area contributed by atoms with Crippen LogP contribution in [0.1, 0.15) is 37.0 Å². The molecule has 1 aromatic carbocycles. The number of hydrogen-bond acceptors (Lipinski definition) is 3. The van der Waals surface area contributed by atoms with Crippen molar-refractivity contribution >= 4 is 6.03 Å². The van der Waals surface area contributed by atoms with Gasteiger partial charge in [0.05, 0.1) is 6.54 Å². The van der Waals surface area contributed by atoms with E-state index in [-0.39, 0.29) is 6.03 Å². The molecule has 0 unspecified atom stereocenters. The van der Waals surface area contributed by atoms with Crippen LogP contribution in [0.15, 0.2) is 34.9 Å². The summed E-state index contributed by atoms with van der Waals surface area (Å²) in [6, 6.07) is 10.1. The molecule has 2 aromatic rings. The van der Waals surface area contributed by atoms with Crippen LogP contribution in [0.4, 0.5) is 4.79 Å². The number of carbonyl (C=O) groups is 1. The van der Waals surface area contributed by atoms with Crippen molar-refractivity contribution in [3.05, 3.63) is 41.7 Å². The fraction of sp³-hybridized carbons (Fsp3) is 0.412. The average molecular weight is 299 g/mol. The lowest BCUT2D eigenvalue weighted by molar-refractivity contribution is 0.235. The second kappa shape index (κ2) is 6.64. The van der Waals surface area contributed by atoms with Crippen molar-refractivity contribution in [2.75, 3.05) is 0 Å². The number of amides is 2. The molecule has 1 aromatic heterocycles. The number of rotatable bonds is 4. The second-order valence-electron chi connectivity index (χ2n) is 5.85. The molecule has 0 spiro atoms. The molecule has 0 saturated heterocycles. The minimum atomic E-state index is -0.139. The topological polar surface area (TPSA) is 67.2 Å². The monoisotopic (exact) mass is 299 g/mol. The lowest BCUT2D eigenvalue weighted by Crippen LogP contribution is -2.40. The average Bonchev–Trinajstić information content (AvgIpc) is 3.17. The summed E-state index contributed by atoms with van der Waals surface area (Å²) in [5.74, 6) is 0.650. The second-order valence-corrected chi connectivity index (χ2v) is 5.85. The van der Waals surface area contributed by atoms with Crippen LogP contribution in [0.3, 0.4) is 0 Å². The summed E-state index contributed by atoms with van der Waals surface area (Å²) in [6.45, 7) is 2.39. The van der Waals surface area contributed by atoms with Gasteiger partial charge in [0, 0.05) is 17.7 Å². The summed E-state index contributed by atoms with van der Waals surface area (Å²) < 4.78 is 5.28. The number of nitrogens with zero attached hydrogens (tertiary/aromatic N) is 1. The molecule has 5 heteroatoms. The molecule has 116 valence electrons. The Morgan fingerprint density at radius 3 is 2.73 bits per heavy atom. The fourth-order valence-electron chi connectivity index (χ4n) is 2.73. The first kappa shape index (κ1) is 14.6. The van der Waals surface area contributed by atoms with Crippen LogP contribution in [0.25, 0.3) is 11.3 Å². The van der Waals surface area contributed by atoms with Gasteiger partial charge >= 0.3 is 6.03 Å². The SMILES string of the molecule is Cc1ccc(-c2cc(CNC(=O)NC3CCCC3)on2)cc1. The van der Waals surface area contributed by atoms with E-state index in [1.54, 1.807) is 0 Å². The molecule has 0 aliphatic heterocycles. The van der Waals surface area contributed by atoms with Crippen LogP contribution < -0.4 is 10.6 Å². The van der Waals surface area contributed by atoms with E-state index < -0.39 is 0 Å². The highest BCUT2D eigenvalue weighted by Gasteiger charge is 2.17. The predicted octanol–water partition coefficient (Wildman–Crippen LogP) is 3.39. The number of hydrogen-bond donors (Lipinski definition) is 2. The summed E-state index contributed by atoms with van der Waals surface area (Å²) >= 11 is 0. The molecule has 5 nitrogen and oxygen atoms in total. The van der Waals surface area contributed by atoms with E-state index in [0.29, 0.717) is 18.3 Å². The zero-order valence-corrected chi connectivity index (χ0v) is 12.8. The van der Waals surface area contributed by atoms with Gasteiger partial charge in [-0.25, -0.2) is 4.79 Å². The molecule has 0 radical (unpaired) electrons. The molecule has 1 fully saturated rings. The molecule has 1 aliphatic rings. The Kier molecular flexibility index (Phi) is 4.42. The standard InChI is InChI=1S/C17H21N3O2/c1-12-6-8-13(9-7-12)16-10-15(22-20-16)11-18-17(21)19-14-4-2-3-5-14/h6-10,14H,2-5,11H2,1H3,(H2,18,19,21). The van der Waals surface area contributed by atoms with E-state index in [1.165, 1.54) is 18.4 Å². The van der Waals surface area contributed by atoms with E-state index in [9.17, 15) is 4.79 Å². The normalized spacial score (nSPS) is 15.0. The lowest BCUT2D eigenvalue weighted by atomic mass is 10.1. The third-order valence-corrected chi connectivity index (χ3v) is 4.02. The number of benzene rings is 1. The Balaban J connectivity index is 1.53. The third-order valence-electron chi connectivity index (χ3n) is 4.02. The molecule has 1 heterocycles. The highest BCUT2D eigenvalue weighted by Crippen LogP contribution is 2.20. The minimum Gasteiger partial charge on any atom is -0.359 e. The maximum atomic E-state index is 11.8. The molecular weight excluding hydrogens is 278 g/mol. The Hall–Kier alpha value is -2.30. The van der Waals surface area contributed by atoms with Gasteiger partial charge in [0.15, 0.2) is 5.76 Å². The van der Waals surface area contributed by atoms with E-state index >= 15 is 0 Å². The Morgan fingerprint density at radius 1 is 1.27 bits per heavy atom. The highest BCUT2D eigenvalue weighted by atomic mass is 16.5. The third kappa shape index (κ3) is 3.67. The molecule has 0 bridgehead atoms. The number of aryl methyl sites for hydroxylation is 1. The van der Waals surface area contributed by atoms with E-state index in [4.69, 9.17) is 4.52 Å². The van der Waals surface area contributed by atoms with Crippen LogP contribution in [0.5, 0.6) is 0 Å². The van der Waals surface area contributed by atoms with E-state index in [0.717, 1.165) is 24.1 Å². The molecule has 22 heavy (non-hydrogen) atoms. The van der Waals surface area contributed by atoms with Gasteiger partial charge in [-0.05, 0) is 19.8 Å². The van der Waals surface area contributed by atoms with Crippen LogP contribution in [-0.4, -0.2) is 17.2 Å². The largest absolute Gasteiger partial charge is 0.359 e. The van der Waals surface area contributed by atoms with Crippen molar-refractivity contribution in [1.29, 1.82) is 0 Å². The first-order valence-electron chi connectivity index (χ1n) is 7.78. The summed E-state index contributed by atoms with van der Waals surface area (Å²) in [5, 5.41) is 9.85. The van der Waals surface area contributed by atoms with Crippen molar-refractivity contribution in [1.82, 2.24) is 15.8 Å². The highest BCUT2D eigenvalue weighted by molar-refractivity contribution is 5.74. The van der Waals surface area contributed by atoms with Crippen molar-refractivity contribution in [3.63, 3.8) is 0 Å². The van der Waals surface area contributed by atoms with Gasteiger partial charge in [-0.2, -0.15) is 0 Å². The van der Waals surface area contributed by atoms with Gasteiger partial charge in [-0.3, -0.25) is 0 Å². The number of carbonyl (C=O) groups excluding carboxylic acids is 1. The maximum Gasteiger partial charge on any atom is 0.315 e. The summed E-state index contributed by atoms with van der Waals surface area (Å²) in [6.07, 6.45) is 4.56. The fourth-order valence-corrected chi connectivity index (χ4v) is 2.73. The van der Waals surface area contributed by atoms with Gasteiger partial charge in [0.2, 0.25) is 0 Å². The van der Waals surface area contributed by atoms with E-state index in [1.807, 2.05) is 37.3 Å². The van der Waals surface area contributed by atoms with Crippen LogP contribution in [0.2, 0.25) is 0 Å². The van der Waals surface area contributed by atoms with Gasteiger partial charge in [-0.1, -0.05) is 47.8 Å². The summed E-state index contributed by atoms with van der Waals surface area (Å²) in [7, 11) is 0. The molecule has 0 atom stereocenters. The molecule has 2 N–H and O–H groups in total. The molecular formula is C17H21N3O2. The number of urea groups is 1. The van der Waals surface area contributed by atoms with Gasteiger partial charge in [0.1, 0.15) is 5.69 Å². The van der Waals surface area contributed by atoms with Crippen molar-refractivity contribution in [2.45, 2.75) is 45.2 Å². The Morgan fingerprint density at radius 2 is 2.00 bits per heavy atom. The summed E-state index contributed by atoms with van der Waals surface area (Å²) in [5.41, 5.74) is 3.00. The first-order chi connectivity index (χ1) is 10.7.